The second kappa shape index (κ2) is 6.71. The van der Waals surface area contributed by atoms with Crippen molar-refractivity contribution in [3.05, 3.63) is 64.1 Å². The molecular weight excluding hydrogens is 314 g/mol. The van der Waals surface area contributed by atoms with Crippen molar-refractivity contribution in [1.82, 2.24) is 0 Å². The molecule has 0 unspecified atom stereocenters. The molecule has 2 aromatic rings. The van der Waals surface area contributed by atoms with Crippen LogP contribution < -0.4 is 4.90 Å². The van der Waals surface area contributed by atoms with Crippen molar-refractivity contribution in [1.29, 1.82) is 0 Å². The number of hydrogen-bond acceptors (Lipinski definition) is 2. The molecule has 3 heteroatoms. The number of benzene rings is 2. The molecule has 0 N–H and O–H groups in total. The van der Waals surface area contributed by atoms with E-state index in [9.17, 15) is 4.79 Å². The van der Waals surface area contributed by atoms with Crippen LogP contribution in [0.25, 0.3) is 0 Å². The maximum atomic E-state index is 12.4. The molecular formula is C17H18BrNO. The Kier molecular flexibility index (Phi) is 4.96. The van der Waals surface area contributed by atoms with Crippen molar-refractivity contribution < 1.29 is 4.79 Å². The smallest absolute Gasteiger partial charge is 0.194 e. The number of hydrogen-bond donors (Lipinski definition) is 0. The molecule has 0 fully saturated rings. The van der Waals surface area contributed by atoms with Gasteiger partial charge in [0.25, 0.3) is 0 Å². The van der Waals surface area contributed by atoms with Crippen LogP contribution in [0.1, 0.15) is 29.8 Å². The molecule has 2 aromatic carbocycles. The molecule has 0 aliphatic carbocycles. The normalized spacial score (nSPS) is 10.3. The number of rotatable bonds is 5. The van der Waals surface area contributed by atoms with Crippen molar-refractivity contribution in [2.45, 2.75) is 13.8 Å². The van der Waals surface area contributed by atoms with Crippen LogP contribution in [0.15, 0.2) is 53.0 Å². The van der Waals surface area contributed by atoms with Gasteiger partial charge in [-0.1, -0.05) is 28.1 Å². The molecule has 0 aliphatic heterocycles. The molecule has 0 amide bonds. The van der Waals surface area contributed by atoms with Crippen LogP contribution in [0.2, 0.25) is 0 Å². The van der Waals surface area contributed by atoms with Crippen LogP contribution in [-0.4, -0.2) is 18.9 Å². The van der Waals surface area contributed by atoms with E-state index in [0.717, 1.165) is 23.2 Å². The summed E-state index contributed by atoms with van der Waals surface area (Å²) in [5, 5.41) is 0. The van der Waals surface area contributed by atoms with Gasteiger partial charge in [-0.15, -0.1) is 0 Å². The highest BCUT2D eigenvalue weighted by atomic mass is 79.9. The van der Waals surface area contributed by atoms with E-state index in [4.69, 9.17) is 0 Å². The summed E-state index contributed by atoms with van der Waals surface area (Å²) in [4.78, 5) is 14.7. The van der Waals surface area contributed by atoms with Crippen LogP contribution in [0, 0.1) is 0 Å². The second-order valence-corrected chi connectivity index (χ2v) is 5.38. The molecule has 104 valence electrons. The van der Waals surface area contributed by atoms with Gasteiger partial charge in [-0.2, -0.15) is 0 Å². The largest absolute Gasteiger partial charge is 0.372 e. The van der Waals surface area contributed by atoms with Crippen molar-refractivity contribution in [3.8, 4) is 0 Å². The van der Waals surface area contributed by atoms with Gasteiger partial charge in [0.05, 0.1) is 0 Å². The lowest BCUT2D eigenvalue weighted by atomic mass is 10.0. The summed E-state index contributed by atoms with van der Waals surface area (Å²) in [6.07, 6.45) is 0. The number of nitrogens with zero attached hydrogens (tertiary/aromatic N) is 1. The Morgan fingerprint density at radius 3 is 2.15 bits per heavy atom. The Bertz CT molecular complexity index is 588. The summed E-state index contributed by atoms with van der Waals surface area (Å²) >= 11 is 3.43. The van der Waals surface area contributed by atoms with Crippen molar-refractivity contribution >= 4 is 27.4 Å². The maximum absolute atomic E-state index is 12.4. The number of carbonyl (C=O) groups excluding carboxylic acids is 1. The average Bonchev–Trinajstić information content (AvgIpc) is 2.49. The summed E-state index contributed by atoms with van der Waals surface area (Å²) in [7, 11) is 0. The van der Waals surface area contributed by atoms with E-state index in [1.54, 1.807) is 0 Å². The molecule has 0 heterocycles. The van der Waals surface area contributed by atoms with Crippen molar-refractivity contribution in [3.63, 3.8) is 0 Å². The summed E-state index contributed by atoms with van der Waals surface area (Å²) in [6, 6.07) is 15.3. The van der Waals surface area contributed by atoms with E-state index in [-0.39, 0.29) is 5.78 Å². The third kappa shape index (κ3) is 3.10. The fourth-order valence-electron chi connectivity index (χ4n) is 2.21. The lowest BCUT2D eigenvalue weighted by molar-refractivity contribution is 0.103. The van der Waals surface area contributed by atoms with E-state index in [1.165, 1.54) is 0 Å². The minimum absolute atomic E-state index is 0.0450. The molecule has 0 spiro atoms. The quantitative estimate of drug-likeness (QED) is 0.750. The van der Waals surface area contributed by atoms with Crippen LogP contribution >= 0.6 is 15.9 Å². The molecule has 2 nitrogen and oxygen atoms in total. The van der Waals surface area contributed by atoms with Crippen molar-refractivity contribution in [2.75, 3.05) is 18.0 Å². The first-order valence-corrected chi connectivity index (χ1v) is 7.61. The Hall–Kier alpha value is -1.61. The van der Waals surface area contributed by atoms with Crippen LogP contribution in [0.5, 0.6) is 0 Å². The monoisotopic (exact) mass is 331 g/mol. The predicted octanol–water partition coefficient (Wildman–Crippen LogP) is 4.53. The van der Waals surface area contributed by atoms with Gasteiger partial charge in [0.1, 0.15) is 0 Å². The lowest BCUT2D eigenvalue weighted by Crippen LogP contribution is -2.21. The minimum atomic E-state index is 0.0450. The Morgan fingerprint density at radius 2 is 1.60 bits per heavy atom. The van der Waals surface area contributed by atoms with E-state index >= 15 is 0 Å². The fraction of sp³-hybridized carbons (Fsp3) is 0.235. The number of ketones is 1. The van der Waals surface area contributed by atoms with Crippen LogP contribution in [0.3, 0.4) is 0 Å². The minimum Gasteiger partial charge on any atom is -0.372 e. The summed E-state index contributed by atoms with van der Waals surface area (Å²) < 4.78 is 0.831. The van der Waals surface area contributed by atoms with E-state index < -0.39 is 0 Å². The highest BCUT2D eigenvalue weighted by molar-refractivity contribution is 9.10. The third-order valence-corrected chi connectivity index (χ3v) is 4.07. The number of halogens is 1. The maximum Gasteiger partial charge on any atom is 0.194 e. The SMILES string of the molecule is CCN(CC)c1ccc(C(=O)c2ccccc2Br)cc1. The molecule has 0 bridgehead atoms. The highest BCUT2D eigenvalue weighted by Gasteiger charge is 2.12. The Morgan fingerprint density at radius 1 is 1.00 bits per heavy atom. The zero-order valence-electron chi connectivity index (χ0n) is 11.8. The van der Waals surface area contributed by atoms with Gasteiger partial charge in [-0.25, -0.2) is 0 Å². The van der Waals surface area contributed by atoms with E-state index in [0.29, 0.717) is 11.1 Å². The predicted molar refractivity (Wildman–Crippen MR) is 87.6 cm³/mol. The summed E-state index contributed by atoms with van der Waals surface area (Å²) in [5.41, 5.74) is 2.56. The third-order valence-electron chi connectivity index (χ3n) is 3.38. The van der Waals surface area contributed by atoms with Gasteiger partial charge in [-0.3, -0.25) is 4.79 Å². The van der Waals surface area contributed by atoms with Gasteiger partial charge < -0.3 is 4.90 Å². The fourth-order valence-corrected chi connectivity index (χ4v) is 2.68. The molecule has 0 aliphatic rings. The van der Waals surface area contributed by atoms with Gasteiger partial charge in [-0.05, 0) is 50.2 Å². The van der Waals surface area contributed by atoms with E-state index in [1.807, 2.05) is 48.5 Å². The van der Waals surface area contributed by atoms with Crippen molar-refractivity contribution in [2.24, 2.45) is 0 Å². The van der Waals surface area contributed by atoms with Gasteiger partial charge >= 0.3 is 0 Å². The van der Waals surface area contributed by atoms with Crippen LogP contribution in [0.4, 0.5) is 5.69 Å². The molecule has 0 saturated heterocycles. The Labute approximate surface area is 128 Å². The first-order valence-electron chi connectivity index (χ1n) is 6.81. The summed E-state index contributed by atoms with van der Waals surface area (Å²) in [5.74, 6) is 0.0450. The zero-order valence-corrected chi connectivity index (χ0v) is 13.4. The summed E-state index contributed by atoms with van der Waals surface area (Å²) in [6.45, 7) is 6.19. The Balaban J connectivity index is 2.26. The molecule has 0 saturated carbocycles. The van der Waals surface area contributed by atoms with Gasteiger partial charge in [0.15, 0.2) is 5.78 Å². The molecule has 0 atom stereocenters. The average molecular weight is 332 g/mol. The first-order chi connectivity index (χ1) is 9.67. The number of anilines is 1. The molecule has 2 rings (SSSR count). The second-order valence-electron chi connectivity index (χ2n) is 4.53. The van der Waals surface area contributed by atoms with E-state index in [2.05, 4.69) is 34.7 Å². The zero-order chi connectivity index (χ0) is 14.5. The van der Waals surface area contributed by atoms with Gasteiger partial charge in [0.2, 0.25) is 0 Å². The van der Waals surface area contributed by atoms with Gasteiger partial charge in [0, 0.05) is 34.4 Å². The first kappa shape index (κ1) is 14.8. The highest BCUT2D eigenvalue weighted by Crippen LogP contribution is 2.21. The van der Waals surface area contributed by atoms with Crippen LogP contribution in [-0.2, 0) is 0 Å². The molecule has 20 heavy (non-hydrogen) atoms. The number of carbonyl (C=O) groups is 1. The topological polar surface area (TPSA) is 20.3 Å². The standard InChI is InChI=1S/C17H18BrNO/c1-3-19(4-2)14-11-9-13(10-12-14)17(20)15-7-5-6-8-16(15)18/h5-12H,3-4H2,1-2H3. The lowest BCUT2D eigenvalue weighted by Gasteiger charge is -2.21. The molecule has 0 aromatic heterocycles. The molecule has 0 radical (unpaired) electrons.